The van der Waals surface area contributed by atoms with Gasteiger partial charge in [0.25, 0.3) is 0 Å². The van der Waals surface area contributed by atoms with Crippen LogP contribution in [-0.2, 0) is 6.42 Å². The van der Waals surface area contributed by atoms with Crippen molar-refractivity contribution in [3.8, 4) is 5.75 Å². The minimum atomic E-state index is -4.88. The van der Waals surface area contributed by atoms with Crippen molar-refractivity contribution >= 4 is 29.0 Å². The molecule has 2 amide bonds. The van der Waals surface area contributed by atoms with Crippen LogP contribution in [0.25, 0.3) is 0 Å². The summed E-state index contributed by atoms with van der Waals surface area (Å²) in [6, 6.07) is 9.65. The molecule has 1 unspecified atom stereocenters. The highest BCUT2D eigenvalue weighted by molar-refractivity contribution is 6.32. The van der Waals surface area contributed by atoms with E-state index in [2.05, 4.69) is 32.0 Å². The van der Waals surface area contributed by atoms with Crippen LogP contribution in [0, 0.1) is 0 Å². The number of ether oxygens (including phenoxy) is 1. The minimum Gasteiger partial charge on any atom is -0.404 e. The molecule has 2 heterocycles. The Bertz CT molecular complexity index is 1120. The maximum absolute atomic E-state index is 12.9. The summed E-state index contributed by atoms with van der Waals surface area (Å²) in [5.74, 6) is -0.483. The first-order chi connectivity index (χ1) is 16.6. The number of rotatable bonds is 3. The molecule has 0 aromatic heterocycles. The molecule has 1 N–H and O–H groups in total. The van der Waals surface area contributed by atoms with E-state index in [9.17, 15) is 18.0 Å². The topological polar surface area (TPSA) is 60.4 Å². The van der Waals surface area contributed by atoms with Crippen molar-refractivity contribution in [2.75, 3.05) is 45.2 Å². The zero-order valence-electron chi connectivity index (χ0n) is 19.7. The Hall–Kier alpha value is -2.98. The molecule has 0 saturated carbocycles. The van der Waals surface area contributed by atoms with Gasteiger partial charge in [0.2, 0.25) is 0 Å². The van der Waals surface area contributed by atoms with Crippen molar-refractivity contribution in [1.29, 1.82) is 0 Å². The van der Waals surface area contributed by atoms with E-state index >= 15 is 0 Å². The predicted molar refractivity (Wildman–Crippen MR) is 129 cm³/mol. The Kier molecular flexibility index (Phi) is 7.14. The highest BCUT2D eigenvalue weighted by atomic mass is 35.5. The number of nitrogens with one attached hydrogen (secondary N) is 1. The number of nitrogens with zero attached hydrogens (tertiary/aromatic N) is 4. The van der Waals surface area contributed by atoms with E-state index in [0.29, 0.717) is 22.4 Å². The van der Waals surface area contributed by atoms with Crippen LogP contribution in [0.4, 0.5) is 23.7 Å². The van der Waals surface area contributed by atoms with E-state index in [4.69, 9.17) is 11.6 Å². The van der Waals surface area contributed by atoms with Gasteiger partial charge in [0, 0.05) is 50.0 Å². The van der Waals surface area contributed by atoms with E-state index in [1.54, 1.807) is 6.92 Å². The first-order valence-corrected chi connectivity index (χ1v) is 11.7. The maximum Gasteiger partial charge on any atom is 0.573 e. The van der Waals surface area contributed by atoms with Gasteiger partial charge in [-0.3, -0.25) is 0 Å². The molecule has 1 saturated heterocycles. The van der Waals surface area contributed by atoms with Crippen LogP contribution in [0.1, 0.15) is 23.6 Å². The van der Waals surface area contributed by atoms with Gasteiger partial charge in [-0.2, -0.15) is 5.10 Å². The van der Waals surface area contributed by atoms with Crippen molar-refractivity contribution in [3.63, 3.8) is 0 Å². The second-order valence-corrected chi connectivity index (χ2v) is 9.13. The molecule has 2 aliphatic heterocycles. The number of hydrazone groups is 1. The normalized spacial score (nSPS) is 19.1. The van der Waals surface area contributed by atoms with Gasteiger partial charge in [-0.25, -0.2) is 9.80 Å². The van der Waals surface area contributed by atoms with Gasteiger partial charge in [-0.1, -0.05) is 23.7 Å². The number of alkyl halides is 3. The molecule has 11 heteroatoms. The summed E-state index contributed by atoms with van der Waals surface area (Å²) in [4.78, 5) is 17.1. The Morgan fingerprint density at radius 2 is 1.80 bits per heavy atom. The third-order valence-corrected chi connectivity index (χ3v) is 6.51. The van der Waals surface area contributed by atoms with Gasteiger partial charge in [-0.15, -0.1) is 13.2 Å². The number of piperazine rings is 1. The van der Waals surface area contributed by atoms with Crippen LogP contribution in [0.5, 0.6) is 5.75 Å². The van der Waals surface area contributed by atoms with Crippen molar-refractivity contribution in [3.05, 3.63) is 58.1 Å². The Morgan fingerprint density at radius 1 is 1.14 bits per heavy atom. The maximum atomic E-state index is 12.9. The fourth-order valence-electron chi connectivity index (χ4n) is 4.32. The standard InChI is InChI=1S/C24H27ClF3N5O2/c1-15-12-17-13-21(35-24(26,27)28)20(25)14-19(17)22(30-33(15)23(34)29-2)16-4-6-18(7-5-16)32-10-8-31(3)9-11-32/h4-7,13-15H,8-12H2,1-3H3,(H,29,34). The molecule has 0 bridgehead atoms. The summed E-state index contributed by atoms with van der Waals surface area (Å²) in [5.41, 5.74) is 3.33. The number of carbonyl (C=O) groups excluding carboxylic acids is 1. The van der Waals surface area contributed by atoms with E-state index < -0.39 is 24.2 Å². The van der Waals surface area contributed by atoms with Crippen molar-refractivity contribution in [1.82, 2.24) is 15.2 Å². The highest BCUT2D eigenvalue weighted by Crippen LogP contribution is 2.36. The van der Waals surface area contributed by atoms with Crippen LogP contribution in [0.15, 0.2) is 41.5 Å². The first-order valence-electron chi connectivity index (χ1n) is 11.3. The van der Waals surface area contributed by atoms with Crippen LogP contribution in [0.2, 0.25) is 5.02 Å². The quantitative estimate of drug-likeness (QED) is 0.669. The molecule has 2 aromatic rings. The van der Waals surface area contributed by atoms with Crippen LogP contribution >= 0.6 is 11.6 Å². The second-order valence-electron chi connectivity index (χ2n) is 8.73. The van der Waals surface area contributed by atoms with Gasteiger partial charge in [0.1, 0.15) is 5.75 Å². The van der Waals surface area contributed by atoms with E-state index in [-0.39, 0.29) is 11.4 Å². The molecule has 0 aliphatic carbocycles. The van der Waals surface area contributed by atoms with Crippen LogP contribution < -0.4 is 15.0 Å². The number of halogens is 4. The third kappa shape index (κ3) is 5.65. The monoisotopic (exact) mass is 509 g/mol. The largest absolute Gasteiger partial charge is 0.573 e. The summed E-state index contributed by atoms with van der Waals surface area (Å²) in [5, 5.41) is 8.32. The number of amides is 2. The lowest BCUT2D eigenvalue weighted by molar-refractivity contribution is -0.274. The van der Waals surface area contributed by atoms with E-state index in [1.165, 1.54) is 24.2 Å². The Labute approximate surface area is 207 Å². The number of hydrogen-bond acceptors (Lipinski definition) is 5. The third-order valence-electron chi connectivity index (χ3n) is 6.21. The lowest BCUT2D eigenvalue weighted by Crippen LogP contribution is -2.44. The van der Waals surface area contributed by atoms with Gasteiger partial charge in [-0.05, 0) is 50.2 Å². The fraction of sp³-hybridized carbons (Fsp3) is 0.417. The molecule has 0 spiro atoms. The van der Waals surface area contributed by atoms with Gasteiger partial charge < -0.3 is 19.9 Å². The number of carbonyl (C=O) groups is 1. The minimum absolute atomic E-state index is 0.191. The SMILES string of the molecule is CNC(=O)N1N=C(c2ccc(N3CCN(C)CC3)cc2)c2cc(Cl)c(OC(F)(F)F)cc2CC1C. The zero-order chi connectivity index (χ0) is 25.3. The molecule has 7 nitrogen and oxygen atoms in total. The number of likely N-dealkylation sites (N-methyl/N-ethyl adjacent to an activating group) is 1. The predicted octanol–water partition coefficient (Wildman–Crippen LogP) is 4.33. The fourth-order valence-corrected chi connectivity index (χ4v) is 4.52. The number of anilines is 1. The average molecular weight is 510 g/mol. The van der Waals surface area contributed by atoms with E-state index in [0.717, 1.165) is 31.9 Å². The van der Waals surface area contributed by atoms with Crippen LogP contribution in [0.3, 0.4) is 0 Å². The zero-order valence-corrected chi connectivity index (χ0v) is 20.5. The molecule has 1 fully saturated rings. The summed E-state index contributed by atoms with van der Waals surface area (Å²) >= 11 is 6.19. The molecule has 2 aromatic carbocycles. The average Bonchev–Trinajstić information content (AvgIpc) is 2.94. The molecular formula is C24H27ClF3N5O2. The lowest BCUT2D eigenvalue weighted by Gasteiger charge is -2.34. The number of benzene rings is 2. The molecule has 2 aliphatic rings. The summed E-state index contributed by atoms with van der Waals surface area (Å²) < 4.78 is 42.8. The smallest absolute Gasteiger partial charge is 0.404 e. The lowest BCUT2D eigenvalue weighted by atomic mass is 9.94. The highest BCUT2D eigenvalue weighted by Gasteiger charge is 2.34. The molecular weight excluding hydrogens is 483 g/mol. The molecule has 4 rings (SSSR count). The summed E-state index contributed by atoms with van der Waals surface area (Å²) in [6.45, 7) is 5.56. The first kappa shape index (κ1) is 25.1. The molecule has 188 valence electrons. The number of hydrogen-bond donors (Lipinski definition) is 1. The number of urea groups is 1. The van der Waals surface area contributed by atoms with Gasteiger partial charge in [0.05, 0.1) is 16.8 Å². The van der Waals surface area contributed by atoms with Crippen molar-refractivity contribution in [2.24, 2.45) is 5.10 Å². The summed E-state index contributed by atoms with van der Waals surface area (Å²) in [7, 11) is 3.59. The Morgan fingerprint density at radius 3 is 2.40 bits per heavy atom. The van der Waals surface area contributed by atoms with Crippen molar-refractivity contribution < 1.29 is 22.7 Å². The summed E-state index contributed by atoms with van der Waals surface area (Å²) in [6.07, 6.45) is -4.61. The molecule has 0 radical (unpaired) electrons. The van der Waals surface area contributed by atoms with E-state index in [1.807, 2.05) is 24.3 Å². The molecule has 35 heavy (non-hydrogen) atoms. The van der Waals surface area contributed by atoms with Gasteiger partial charge >= 0.3 is 12.4 Å². The second kappa shape index (κ2) is 9.94. The Balaban J connectivity index is 1.76. The van der Waals surface area contributed by atoms with Crippen LogP contribution in [-0.4, -0.2) is 74.3 Å². The van der Waals surface area contributed by atoms with Gasteiger partial charge in [0.15, 0.2) is 0 Å². The van der Waals surface area contributed by atoms with Crippen molar-refractivity contribution in [2.45, 2.75) is 25.7 Å². The molecule has 1 atom stereocenters. The number of fused-ring (bicyclic) bond motifs is 1.